The molecule has 1 heterocycles. The standard InChI is InChI=1S/C10H17NO4S/c12-5-10(6-13,7-14)11-4-8(15)9-2-1-3-16-9/h1-3,8,11-15H,4-7H2. The Morgan fingerprint density at radius 2 is 1.88 bits per heavy atom. The van der Waals surface area contributed by atoms with Gasteiger partial charge in [-0.05, 0) is 11.4 Å². The van der Waals surface area contributed by atoms with Gasteiger partial charge in [0.1, 0.15) is 6.10 Å². The van der Waals surface area contributed by atoms with Crippen LogP contribution in [0.5, 0.6) is 0 Å². The van der Waals surface area contributed by atoms with Crippen LogP contribution in [0, 0.1) is 0 Å². The van der Waals surface area contributed by atoms with Crippen molar-refractivity contribution in [2.45, 2.75) is 11.6 Å². The Balaban J connectivity index is 2.49. The Kier molecular flexibility index (Phi) is 5.33. The highest BCUT2D eigenvalue weighted by atomic mass is 32.1. The van der Waals surface area contributed by atoms with Crippen molar-refractivity contribution in [3.05, 3.63) is 22.4 Å². The van der Waals surface area contributed by atoms with Gasteiger partial charge in [-0.15, -0.1) is 11.3 Å². The molecule has 92 valence electrons. The minimum atomic E-state index is -1.14. The lowest BCUT2D eigenvalue weighted by Crippen LogP contribution is -2.55. The van der Waals surface area contributed by atoms with Crippen LogP contribution in [0.3, 0.4) is 0 Å². The fourth-order valence-electron chi connectivity index (χ4n) is 1.21. The van der Waals surface area contributed by atoms with Gasteiger partial charge in [-0.2, -0.15) is 0 Å². The van der Waals surface area contributed by atoms with Crippen molar-refractivity contribution in [1.82, 2.24) is 5.32 Å². The van der Waals surface area contributed by atoms with Crippen molar-refractivity contribution >= 4 is 11.3 Å². The molecule has 1 atom stereocenters. The molecule has 0 spiro atoms. The summed E-state index contributed by atoms with van der Waals surface area (Å²) in [6.07, 6.45) is -0.705. The number of aliphatic hydroxyl groups excluding tert-OH is 4. The summed E-state index contributed by atoms with van der Waals surface area (Å²) < 4.78 is 0. The Morgan fingerprint density at radius 1 is 1.25 bits per heavy atom. The van der Waals surface area contributed by atoms with Gasteiger partial charge in [0.25, 0.3) is 0 Å². The van der Waals surface area contributed by atoms with Gasteiger partial charge in [-0.1, -0.05) is 6.07 Å². The zero-order valence-electron chi connectivity index (χ0n) is 8.83. The van der Waals surface area contributed by atoms with E-state index in [0.29, 0.717) is 0 Å². The number of hydrogen-bond acceptors (Lipinski definition) is 6. The molecule has 1 rings (SSSR count). The number of hydrogen-bond donors (Lipinski definition) is 5. The molecule has 0 aliphatic rings. The second-order valence-corrected chi connectivity index (χ2v) is 4.65. The Bertz CT molecular complexity index is 279. The van der Waals surface area contributed by atoms with Gasteiger partial charge < -0.3 is 25.7 Å². The SMILES string of the molecule is OCC(CO)(CO)NCC(O)c1cccs1. The maximum absolute atomic E-state index is 9.76. The largest absolute Gasteiger partial charge is 0.394 e. The van der Waals surface area contributed by atoms with E-state index in [1.807, 2.05) is 11.4 Å². The third-order valence-corrected chi connectivity index (χ3v) is 3.42. The summed E-state index contributed by atoms with van der Waals surface area (Å²) in [7, 11) is 0. The van der Waals surface area contributed by atoms with Gasteiger partial charge in [0, 0.05) is 11.4 Å². The van der Waals surface area contributed by atoms with E-state index in [-0.39, 0.29) is 6.54 Å². The first kappa shape index (κ1) is 13.6. The minimum absolute atomic E-state index is 0.169. The van der Waals surface area contributed by atoms with E-state index < -0.39 is 31.5 Å². The molecule has 5 N–H and O–H groups in total. The molecule has 0 aliphatic heterocycles. The summed E-state index contributed by atoms with van der Waals surface area (Å²) >= 11 is 1.43. The molecule has 0 radical (unpaired) electrons. The molecular formula is C10H17NO4S. The lowest BCUT2D eigenvalue weighted by Gasteiger charge is -2.29. The fraction of sp³-hybridized carbons (Fsp3) is 0.600. The van der Waals surface area contributed by atoms with Gasteiger partial charge in [0.15, 0.2) is 0 Å². The molecule has 0 saturated heterocycles. The molecular weight excluding hydrogens is 230 g/mol. The molecule has 0 bridgehead atoms. The third kappa shape index (κ3) is 3.24. The molecule has 0 amide bonds. The first-order chi connectivity index (χ1) is 7.67. The van der Waals surface area contributed by atoms with Crippen LogP contribution in [0.15, 0.2) is 17.5 Å². The molecule has 1 aromatic rings. The number of aliphatic hydroxyl groups is 4. The predicted molar refractivity (Wildman–Crippen MR) is 61.3 cm³/mol. The highest BCUT2D eigenvalue weighted by Crippen LogP contribution is 2.18. The molecule has 1 unspecified atom stereocenters. The van der Waals surface area contributed by atoms with E-state index in [9.17, 15) is 5.11 Å². The second-order valence-electron chi connectivity index (χ2n) is 3.67. The summed E-state index contributed by atoms with van der Waals surface area (Å²) in [5, 5.41) is 41.6. The van der Waals surface area contributed by atoms with Gasteiger partial charge in [0.05, 0.1) is 25.4 Å². The number of nitrogens with one attached hydrogen (secondary N) is 1. The average molecular weight is 247 g/mol. The van der Waals surface area contributed by atoms with Crippen LogP contribution in [0.1, 0.15) is 11.0 Å². The Morgan fingerprint density at radius 3 is 2.31 bits per heavy atom. The van der Waals surface area contributed by atoms with Crippen molar-refractivity contribution < 1.29 is 20.4 Å². The molecule has 0 saturated carbocycles. The Hall–Kier alpha value is -0.500. The number of rotatable bonds is 7. The third-order valence-electron chi connectivity index (χ3n) is 2.45. The summed E-state index contributed by atoms with van der Waals surface area (Å²) in [5.41, 5.74) is -1.14. The van der Waals surface area contributed by atoms with Gasteiger partial charge in [-0.3, -0.25) is 0 Å². The molecule has 0 aliphatic carbocycles. The lowest BCUT2D eigenvalue weighted by molar-refractivity contribution is 0.0325. The van der Waals surface area contributed by atoms with Crippen molar-refractivity contribution in [3.8, 4) is 0 Å². The predicted octanol–water partition coefficient (Wildman–Crippen LogP) is -0.913. The van der Waals surface area contributed by atoms with Crippen molar-refractivity contribution in [2.75, 3.05) is 26.4 Å². The fourth-order valence-corrected chi connectivity index (χ4v) is 1.92. The van der Waals surface area contributed by atoms with E-state index in [4.69, 9.17) is 15.3 Å². The summed E-state index contributed by atoms with van der Waals surface area (Å²) in [6.45, 7) is -1.01. The smallest absolute Gasteiger partial charge is 0.101 e. The zero-order chi connectivity index (χ0) is 12.0. The lowest BCUT2D eigenvalue weighted by atomic mass is 10.0. The van der Waals surface area contributed by atoms with Crippen LogP contribution in [-0.4, -0.2) is 52.3 Å². The molecule has 16 heavy (non-hydrogen) atoms. The number of thiophene rings is 1. The van der Waals surface area contributed by atoms with Crippen molar-refractivity contribution in [2.24, 2.45) is 0 Å². The van der Waals surface area contributed by atoms with Gasteiger partial charge in [0.2, 0.25) is 0 Å². The van der Waals surface area contributed by atoms with Crippen molar-refractivity contribution in [3.63, 3.8) is 0 Å². The number of β-amino-alcohol motifs (C(OH)–C–C–N with tert-alkyl or cyclic N) is 1. The summed E-state index contributed by atoms with van der Waals surface area (Å²) in [4.78, 5) is 0.801. The van der Waals surface area contributed by atoms with Crippen LogP contribution in [0.2, 0.25) is 0 Å². The monoisotopic (exact) mass is 247 g/mol. The summed E-state index contributed by atoms with van der Waals surface area (Å²) in [5.74, 6) is 0. The van der Waals surface area contributed by atoms with Gasteiger partial charge in [-0.25, -0.2) is 0 Å². The highest BCUT2D eigenvalue weighted by molar-refractivity contribution is 7.10. The van der Waals surface area contributed by atoms with E-state index in [0.717, 1.165) is 4.88 Å². The maximum atomic E-state index is 9.76. The van der Waals surface area contributed by atoms with Crippen molar-refractivity contribution in [1.29, 1.82) is 0 Å². The van der Waals surface area contributed by atoms with Crippen LogP contribution in [0.4, 0.5) is 0 Å². The highest BCUT2D eigenvalue weighted by Gasteiger charge is 2.28. The van der Waals surface area contributed by atoms with Crippen LogP contribution < -0.4 is 5.32 Å². The van der Waals surface area contributed by atoms with E-state index in [1.54, 1.807) is 6.07 Å². The molecule has 1 aromatic heterocycles. The van der Waals surface area contributed by atoms with Crippen LogP contribution >= 0.6 is 11.3 Å². The average Bonchev–Trinajstić information content (AvgIpc) is 2.85. The van der Waals surface area contributed by atoms with E-state index in [2.05, 4.69) is 5.32 Å². The topological polar surface area (TPSA) is 93.0 Å². The molecule has 0 fully saturated rings. The second kappa shape index (κ2) is 6.29. The quantitative estimate of drug-likeness (QED) is 0.430. The van der Waals surface area contributed by atoms with Crippen LogP contribution in [-0.2, 0) is 0 Å². The Labute approximate surface area is 98.0 Å². The molecule has 0 aromatic carbocycles. The van der Waals surface area contributed by atoms with Gasteiger partial charge >= 0.3 is 0 Å². The van der Waals surface area contributed by atoms with E-state index in [1.165, 1.54) is 11.3 Å². The molecule has 5 nitrogen and oxygen atoms in total. The van der Waals surface area contributed by atoms with Crippen LogP contribution in [0.25, 0.3) is 0 Å². The molecule has 6 heteroatoms. The first-order valence-electron chi connectivity index (χ1n) is 4.96. The van der Waals surface area contributed by atoms with E-state index >= 15 is 0 Å². The zero-order valence-corrected chi connectivity index (χ0v) is 9.65. The first-order valence-corrected chi connectivity index (χ1v) is 5.84. The summed E-state index contributed by atoms with van der Waals surface area (Å²) in [6, 6.07) is 3.64. The minimum Gasteiger partial charge on any atom is -0.394 e. The normalized spacial score (nSPS) is 14.0. The maximum Gasteiger partial charge on any atom is 0.101 e.